The number of carboxylic acid groups (broad SMARTS) is 2. The van der Waals surface area contributed by atoms with E-state index < -0.39 is 11.9 Å². The molecule has 0 unspecified atom stereocenters. The second-order valence-electron chi connectivity index (χ2n) is 12.0. The quantitative estimate of drug-likeness (QED) is 0.288. The zero-order chi connectivity index (χ0) is 35.0. The van der Waals surface area contributed by atoms with Gasteiger partial charge in [-0.05, 0) is 12.1 Å². The molecule has 0 spiro atoms. The average molecular weight is 696 g/mol. The number of aliphatic imine (C=N–C) groups is 2. The number of pyridine rings is 1. The molecule has 10 heteroatoms. The van der Waals surface area contributed by atoms with E-state index in [2.05, 4.69) is 50.5 Å². The summed E-state index contributed by atoms with van der Waals surface area (Å²) in [5.74, 6) is -1.74. The fraction of sp³-hybridized carbons (Fsp3) is 0.205. The number of allylic oxidation sites excluding steroid dienone is 4. The topological polar surface area (TPSA) is 122 Å². The van der Waals surface area contributed by atoms with Crippen molar-refractivity contribution in [2.75, 3.05) is 0 Å². The second-order valence-corrected chi connectivity index (χ2v) is 13.2. The maximum atomic E-state index is 11.8. The molecule has 4 aliphatic heterocycles. The van der Waals surface area contributed by atoms with Crippen molar-refractivity contribution in [3.05, 3.63) is 128 Å². The van der Waals surface area contributed by atoms with Crippen LogP contribution in [0.3, 0.4) is 0 Å². The van der Waals surface area contributed by atoms with E-state index in [1.165, 1.54) is 0 Å². The summed E-state index contributed by atoms with van der Waals surface area (Å²) in [6.45, 7) is 16.4. The number of aromatic nitrogens is 3. The summed E-state index contributed by atoms with van der Waals surface area (Å²) in [7, 11) is 0. The molecular formula is C39H37FeN5O4. The van der Waals surface area contributed by atoms with E-state index in [0.717, 1.165) is 83.7 Å². The zero-order valence-electron chi connectivity index (χ0n) is 27.9. The molecule has 0 atom stereocenters. The first-order valence-electron chi connectivity index (χ1n) is 15.9. The second kappa shape index (κ2) is 13.7. The first kappa shape index (κ1) is 33.6. The molecule has 0 saturated heterocycles. The van der Waals surface area contributed by atoms with E-state index in [1.807, 2.05) is 57.2 Å². The molecular weight excluding hydrogens is 658 g/mol. The molecule has 3 aromatic rings. The number of fused-ring (bicyclic) bond motifs is 2. The van der Waals surface area contributed by atoms with Crippen LogP contribution < -0.4 is 10.7 Å². The number of nitrogens with zero attached hydrogens (tertiary/aromatic N) is 5. The van der Waals surface area contributed by atoms with E-state index >= 15 is 0 Å². The molecule has 0 aromatic carbocycles. The van der Waals surface area contributed by atoms with Crippen LogP contribution in [0.15, 0.2) is 93.5 Å². The normalized spacial score (nSPS) is 19.2. The summed E-state index contributed by atoms with van der Waals surface area (Å²) in [6.07, 6.45) is 16.2. The number of hydrogen-bond acceptors (Lipinski definition) is 5. The van der Waals surface area contributed by atoms with Gasteiger partial charge in [0, 0.05) is 12.4 Å². The van der Waals surface area contributed by atoms with Crippen LogP contribution in [-0.4, -0.2) is 45.7 Å². The van der Waals surface area contributed by atoms with E-state index in [4.69, 9.17) is 9.98 Å². The Balaban J connectivity index is 0.000000628. The van der Waals surface area contributed by atoms with Crippen LogP contribution in [-0.2, 0) is 31.4 Å². The van der Waals surface area contributed by atoms with Crippen molar-refractivity contribution in [3.63, 3.8) is 0 Å². The standard InChI is InChI=1S/C34H34N4O4.C5H5N.Fe/c1-7-21-17(3)25-13-26-19(5)23(9-11-33(39)40)31(37-26)16-32-24(10-12-34(41)42)20(6)28(38-32)15-30-22(8-2)18(4)27(36-30)14-29(21)35-25;1-2-4-6-5-3-1;/h7-8,13-16H,1-2,9-12H2,3-6H3,(H4,35,36,37,38,39,40,41,42);1-5H;/q;;+2/p-2/b25-13?,26-13-,27-14?,28-15-,29-14-,30-15?,31-16-,32-16?;;. The fourth-order valence-electron chi connectivity index (χ4n) is 6.45. The van der Waals surface area contributed by atoms with Gasteiger partial charge in [-0.2, -0.15) is 0 Å². The van der Waals surface area contributed by atoms with Crippen LogP contribution >= 0.6 is 0 Å². The van der Waals surface area contributed by atoms with Gasteiger partial charge in [-0.25, -0.2) is 0 Å². The largest absolute Gasteiger partial charge is 0.265 e. The third-order valence-corrected chi connectivity index (χ3v) is 10.6. The van der Waals surface area contributed by atoms with Crippen molar-refractivity contribution in [1.29, 1.82) is 0 Å². The Morgan fingerprint density at radius 3 is 2.02 bits per heavy atom. The summed E-state index contributed by atoms with van der Waals surface area (Å²) in [4.78, 5) is 37.2. The van der Waals surface area contributed by atoms with Gasteiger partial charge in [-0.15, -0.1) is 0 Å². The van der Waals surface area contributed by atoms with Gasteiger partial charge in [0.25, 0.3) is 0 Å². The Kier molecular flexibility index (Phi) is 9.37. The molecule has 0 aliphatic carbocycles. The number of carboxylic acids is 2. The summed E-state index contributed by atoms with van der Waals surface area (Å²) in [6, 6.07) is 5.72. The fourth-order valence-corrected chi connectivity index (χ4v) is 8.08. The third-order valence-electron chi connectivity index (χ3n) is 9.11. The Hall–Kier alpha value is -5.31. The van der Waals surface area contributed by atoms with Crippen LogP contribution in [0.25, 0.3) is 30.4 Å². The third kappa shape index (κ3) is 6.21. The van der Waals surface area contributed by atoms with Gasteiger partial charge in [0.1, 0.15) is 0 Å². The minimum absolute atomic E-state index is 0.0140. The van der Waals surface area contributed by atoms with Crippen molar-refractivity contribution in [1.82, 2.24) is 12.2 Å². The predicted octanol–water partition coefficient (Wildman–Crippen LogP) is 5.82. The molecule has 3 aromatic heterocycles. The average Bonchev–Trinajstić information content (AvgIpc) is 3.71. The smallest absolute Gasteiger partial charge is 0.0267 e. The first-order valence-corrected chi connectivity index (χ1v) is 16.9. The molecule has 250 valence electrons. The summed E-state index contributed by atoms with van der Waals surface area (Å²) in [5, 5.41) is 21.0. The van der Waals surface area contributed by atoms with Crippen molar-refractivity contribution >= 4 is 53.7 Å². The number of carbonyl (C=O) groups is 2. The first-order chi connectivity index (χ1) is 23.5. The maximum Gasteiger partial charge on any atom is 0.0267 e. The van der Waals surface area contributed by atoms with E-state index in [1.54, 1.807) is 12.4 Å². The summed E-state index contributed by atoms with van der Waals surface area (Å²) in [5.41, 5.74) is 12.9. The number of rotatable bonds is 8. The molecule has 7 heterocycles. The van der Waals surface area contributed by atoms with Gasteiger partial charge < -0.3 is 0 Å². The number of aliphatic carboxylic acids is 2. The minimum atomic E-state index is -0.868. The van der Waals surface area contributed by atoms with Crippen molar-refractivity contribution in [2.45, 2.75) is 53.4 Å². The Morgan fingerprint density at radius 1 is 0.755 bits per heavy atom. The molecule has 9 nitrogen and oxygen atoms in total. The molecule has 0 amide bonds. The van der Waals surface area contributed by atoms with Crippen molar-refractivity contribution in [2.24, 2.45) is 9.98 Å². The SMILES string of the molecule is C=CC1=C(C)C2=NC/1=C\c1c(C)c(C=C)c3[n]1[Fe][n]1/c(c(C)c(CCC(=O)O)/c1=C/C1=NC(=C\3)/C(C)=C1CCC(=O)O)=C\2.c1ccncc1. The van der Waals surface area contributed by atoms with Crippen molar-refractivity contribution < 1.29 is 35.2 Å². The number of hydrogen-bond donors (Lipinski definition) is 2. The van der Waals surface area contributed by atoms with Crippen LogP contribution in [0.5, 0.6) is 0 Å². The van der Waals surface area contributed by atoms with Gasteiger partial charge in [-0.1, -0.05) is 6.07 Å². The van der Waals surface area contributed by atoms with Crippen LogP contribution in [0.4, 0.5) is 0 Å². The van der Waals surface area contributed by atoms with Crippen LogP contribution in [0, 0.1) is 13.8 Å². The summed E-state index contributed by atoms with van der Waals surface area (Å²) >= 11 is 0.463. The van der Waals surface area contributed by atoms with Gasteiger partial charge >= 0.3 is 257 Å². The van der Waals surface area contributed by atoms with E-state index in [9.17, 15) is 19.8 Å². The zero-order valence-corrected chi connectivity index (χ0v) is 29.0. The maximum absolute atomic E-state index is 11.8. The van der Waals surface area contributed by atoms with Crippen molar-refractivity contribution in [3.8, 4) is 0 Å². The molecule has 2 N–H and O–H groups in total. The predicted molar refractivity (Wildman–Crippen MR) is 191 cm³/mol. The molecule has 0 saturated carbocycles. The molecule has 7 rings (SSSR count). The van der Waals surface area contributed by atoms with Gasteiger partial charge in [-0.3, -0.25) is 4.98 Å². The van der Waals surface area contributed by atoms with Gasteiger partial charge in [0.2, 0.25) is 0 Å². The van der Waals surface area contributed by atoms with E-state index in [-0.39, 0.29) is 12.8 Å². The van der Waals surface area contributed by atoms with Crippen LogP contribution in [0.1, 0.15) is 66.8 Å². The Bertz CT molecular complexity index is 2250. The monoisotopic (exact) mass is 695 g/mol. The van der Waals surface area contributed by atoms with Gasteiger partial charge in [0.05, 0.1) is 0 Å². The molecule has 0 fully saturated rings. The molecule has 6 bridgehead atoms. The summed E-state index contributed by atoms with van der Waals surface area (Å²) < 4.78 is 4.47. The minimum Gasteiger partial charge on any atom is -0.265 e. The van der Waals surface area contributed by atoms with Crippen LogP contribution in [0.2, 0.25) is 0 Å². The Labute approximate surface area is 291 Å². The Morgan fingerprint density at radius 2 is 1.41 bits per heavy atom. The molecule has 49 heavy (non-hydrogen) atoms. The van der Waals surface area contributed by atoms with Gasteiger partial charge in [0.15, 0.2) is 0 Å². The van der Waals surface area contributed by atoms with E-state index in [0.29, 0.717) is 33.9 Å². The molecule has 4 aliphatic rings. The molecule has 0 radical (unpaired) electrons.